The first kappa shape index (κ1) is 18.8. The highest BCUT2D eigenvalue weighted by Gasteiger charge is 2.12. The van der Waals surface area contributed by atoms with Crippen LogP contribution in [0.3, 0.4) is 0 Å². The zero-order chi connectivity index (χ0) is 20.4. The molecule has 2 nitrogen and oxygen atoms in total. The molecule has 0 heterocycles. The van der Waals surface area contributed by atoms with E-state index in [-0.39, 0.29) is 0 Å². The van der Waals surface area contributed by atoms with Gasteiger partial charge in [0.1, 0.15) is 11.5 Å². The Bertz CT molecular complexity index is 1130. The Morgan fingerprint density at radius 1 is 0.552 bits per heavy atom. The quantitative estimate of drug-likeness (QED) is 0.377. The maximum Gasteiger partial charge on any atom is 0.127 e. The van der Waals surface area contributed by atoms with Gasteiger partial charge in [0.2, 0.25) is 0 Å². The van der Waals surface area contributed by atoms with E-state index in [4.69, 9.17) is 10.5 Å². The van der Waals surface area contributed by atoms with Gasteiger partial charge < -0.3 is 10.5 Å². The first-order valence-corrected chi connectivity index (χ1v) is 9.83. The molecule has 2 N–H and O–H groups in total. The fourth-order valence-corrected chi connectivity index (χ4v) is 3.64. The van der Waals surface area contributed by atoms with Crippen LogP contribution in [0.4, 0.5) is 5.69 Å². The van der Waals surface area contributed by atoms with Crippen molar-refractivity contribution in [2.75, 3.05) is 5.73 Å². The number of benzene rings is 4. The Morgan fingerprint density at radius 3 is 1.59 bits per heavy atom. The predicted octanol–water partition coefficient (Wildman–Crippen LogP) is 7.32. The van der Waals surface area contributed by atoms with Gasteiger partial charge in [-0.15, -0.1) is 0 Å². The van der Waals surface area contributed by atoms with E-state index in [0.717, 1.165) is 17.2 Å². The minimum atomic E-state index is 0.729. The van der Waals surface area contributed by atoms with Crippen molar-refractivity contribution >= 4 is 5.69 Å². The van der Waals surface area contributed by atoms with Crippen LogP contribution in [-0.2, 0) is 0 Å². The molecule has 4 rings (SSSR count). The Labute approximate surface area is 172 Å². The van der Waals surface area contributed by atoms with Crippen LogP contribution in [0, 0.1) is 20.8 Å². The van der Waals surface area contributed by atoms with Gasteiger partial charge in [0.15, 0.2) is 0 Å². The average molecular weight is 380 g/mol. The fraction of sp³-hybridized carbons (Fsp3) is 0.111. The van der Waals surface area contributed by atoms with Gasteiger partial charge in [0.25, 0.3) is 0 Å². The largest absolute Gasteiger partial charge is 0.457 e. The lowest BCUT2D eigenvalue weighted by molar-refractivity contribution is 0.483. The molecule has 0 aliphatic heterocycles. The molecule has 0 fully saturated rings. The average Bonchev–Trinajstić information content (AvgIpc) is 2.75. The van der Waals surface area contributed by atoms with Gasteiger partial charge in [0.05, 0.1) is 0 Å². The second-order valence-corrected chi connectivity index (χ2v) is 7.41. The first-order chi connectivity index (χ1) is 14.0. The number of hydrogen-bond acceptors (Lipinski definition) is 2. The van der Waals surface area contributed by atoms with Crippen molar-refractivity contribution in [3.05, 3.63) is 102 Å². The molecule has 0 aliphatic carbocycles. The molecule has 4 aromatic rings. The van der Waals surface area contributed by atoms with E-state index in [9.17, 15) is 0 Å². The maximum absolute atomic E-state index is 5.93. The van der Waals surface area contributed by atoms with Gasteiger partial charge in [-0.05, 0) is 102 Å². The molecule has 0 saturated heterocycles. The molecule has 0 spiro atoms. The zero-order valence-electron chi connectivity index (χ0n) is 17.1. The number of nitrogens with two attached hydrogens (primary N) is 1. The summed E-state index contributed by atoms with van der Waals surface area (Å²) in [6, 6.07) is 28.6. The van der Waals surface area contributed by atoms with Gasteiger partial charge >= 0.3 is 0 Å². The highest BCUT2D eigenvalue weighted by atomic mass is 16.5. The minimum Gasteiger partial charge on any atom is -0.457 e. The van der Waals surface area contributed by atoms with Crippen LogP contribution in [0.15, 0.2) is 84.9 Å². The van der Waals surface area contributed by atoms with Gasteiger partial charge in [-0.2, -0.15) is 0 Å². The summed E-state index contributed by atoms with van der Waals surface area (Å²) in [5.41, 5.74) is 15.4. The normalized spacial score (nSPS) is 10.7. The Morgan fingerprint density at radius 2 is 1.03 bits per heavy atom. The maximum atomic E-state index is 5.93. The molecule has 0 atom stereocenters. The second-order valence-electron chi connectivity index (χ2n) is 7.41. The van der Waals surface area contributed by atoms with Gasteiger partial charge in [0, 0.05) is 5.69 Å². The number of rotatable bonds is 4. The highest BCUT2D eigenvalue weighted by Crippen LogP contribution is 2.36. The summed E-state index contributed by atoms with van der Waals surface area (Å²) in [6.07, 6.45) is 0. The third kappa shape index (κ3) is 3.88. The van der Waals surface area contributed by atoms with Gasteiger partial charge in [-0.25, -0.2) is 0 Å². The molecular weight excluding hydrogens is 354 g/mol. The van der Waals surface area contributed by atoms with Crippen LogP contribution in [-0.4, -0.2) is 0 Å². The third-order valence-corrected chi connectivity index (χ3v) is 5.59. The summed E-state index contributed by atoms with van der Waals surface area (Å²) in [7, 11) is 0. The molecular formula is C27H25NO. The molecule has 0 unspecified atom stereocenters. The molecule has 0 bridgehead atoms. The van der Waals surface area contributed by atoms with Crippen molar-refractivity contribution < 1.29 is 4.74 Å². The van der Waals surface area contributed by atoms with E-state index in [1.54, 1.807) is 0 Å². The molecule has 2 heteroatoms. The van der Waals surface area contributed by atoms with Gasteiger partial charge in [-0.3, -0.25) is 0 Å². The molecule has 0 aliphatic rings. The highest BCUT2D eigenvalue weighted by molar-refractivity contribution is 5.79. The topological polar surface area (TPSA) is 35.2 Å². The second kappa shape index (κ2) is 7.84. The van der Waals surface area contributed by atoms with Gasteiger partial charge in [-0.1, -0.05) is 42.5 Å². The summed E-state index contributed by atoms with van der Waals surface area (Å²) in [5.74, 6) is 1.59. The fourth-order valence-electron chi connectivity index (χ4n) is 3.64. The monoisotopic (exact) mass is 379 g/mol. The van der Waals surface area contributed by atoms with E-state index in [0.29, 0.717) is 0 Å². The van der Waals surface area contributed by atoms with E-state index >= 15 is 0 Å². The van der Waals surface area contributed by atoms with Crippen molar-refractivity contribution in [2.24, 2.45) is 0 Å². The Hall–Kier alpha value is -3.52. The van der Waals surface area contributed by atoms with Crippen LogP contribution < -0.4 is 10.5 Å². The smallest absolute Gasteiger partial charge is 0.127 e. The Balaban J connectivity index is 1.69. The lowest BCUT2D eigenvalue weighted by Crippen LogP contribution is -1.95. The Kier molecular flexibility index (Phi) is 5.09. The number of hydrogen-bond donors (Lipinski definition) is 1. The van der Waals surface area contributed by atoms with Crippen molar-refractivity contribution in [1.29, 1.82) is 0 Å². The lowest BCUT2D eigenvalue weighted by Gasteiger charge is -2.17. The molecule has 144 valence electrons. The number of nitrogen functional groups attached to an aromatic ring is 1. The van der Waals surface area contributed by atoms with Crippen molar-refractivity contribution in [3.8, 4) is 33.8 Å². The van der Waals surface area contributed by atoms with E-state index < -0.39 is 0 Å². The van der Waals surface area contributed by atoms with Crippen LogP contribution in [0.5, 0.6) is 11.5 Å². The van der Waals surface area contributed by atoms with Crippen LogP contribution in [0.1, 0.15) is 16.7 Å². The van der Waals surface area contributed by atoms with E-state index in [1.165, 1.54) is 38.9 Å². The summed E-state index contributed by atoms with van der Waals surface area (Å²) < 4.78 is 5.93. The molecule has 0 aromatic heterocycles. The minimum absolute atomic E-state index is 0.729. The zero-order valence-corrected chi connectivity index (χ0v) is 17.1. The summed E-state index contributed by atoms with van der Waals surface area (Å²) in [6.45, 7) is 6.61. The first-order valence-electron chi connectivity index (χ1n) is 9.83. The van der Waals surface area contributed by atoms with Crippen molar-refractivity contribution in [2.45, 2.75) is 20.8 Å². The lowest BCUT2D eigenvalue weighted by atomic mass is 9.88. The third-order valence-electron chi connectivity index (χ3n) is 5.59. The van der Waals surface area contributed by atoms with Crippen molar-refractivity contribution in [1.82, 2.24) is 0 Å². The van der Waals surface area contributed by atoms with Crippen molar-refractivity contribution in [3.63, 3.8) is 0 Å². The van der Waals surface area contributed by atoms with Crippen LogP contribution in [0.2, 0.25) is 0 Å². The van der Waals surface area contributed by atoms with E-state index in [1.807, 2.05) is 36.4 Å². The van der Waals surface area contributed by atoms with E-state index in [2.05, 4.69) is 69.3 Å². The molecule has 29 heavy (non-hydrogen) atoms. The number of ether oxygens (including phenoxy) is 1. The number of anilines is 1. The van der Waals surface area contributed by atoms with Crippen LogP contribution in [0.25, 0.3) is 22.3 Å². The summed E-state index contributed by atoms with van der Waals surface area (Å²) in [4.78, 5) is 0. The van der Waals surface area contributed by atoms with Crippen LogP contribution >= 0.6 is 0 Å². The molecule has 0 amide bonds. The molecule has 0 saturated carbocycles. The predicted molar refractivity (Wildman–Crippen MR) is 122 cm³/mol. The summed E-state index contributed by atoms with van der Waals surface area (Å²) in [5, 5.41) is 0. The SMILES string of the molecule is Cc1c(-c2ccccc2)cc(-c2ccc(Oc3ccc(N)cc3)cc2)c(C)c1C. The summed E-state index contributed by atoms with van der Waals surface area (Å²) >= 11 is 0. The molecule has 4 aromatic carbocycles. The molecule has 0 radical (unpaired) electrons. The standard InChI is InChI=1S/C27H25NO/c1-18-19(2)26(21-7-5-4-6-8-21)17-27(20(18)3)22-9-13-24(14-10-22)29-25-15-11-23(28)12-16-25/h4-17H,28H2,1-3H3.